The van der Waals surface area contributed by atoms with E-state index in [9.17, 15) is 0 Å². The maximum atomic E-state index is 6.15. The molecule has 6 heteroatoms. The molecule has 0 saturated carbocycles. The van der Waals surface area contributed by atoms with E-state index in [-0.39, 0.29) is 11.5 Å². The third-order valence-corrected chi connectivity index (χ3v) is 5.91. The first-order valence-electron chi connectivity index (χ1n) is 7.97. The molecule has 0 radical (unpaired) electrons. The molecule has 0 spiro atoms. The molecule has 3 fully saturated rings. The van der Waals surface area contributed by atoms with Crippen LogP contribution < -0.4 is 5.73 Å². The van der Waals surface area contributed by atoms with Crippen molar-refractivity contribution in [3.05, 3.63) is 11.7 Å². The van der Waals surface area contributed by atoms with Crippen molar-refractivity contribution in [1.29, 1.82) is 0 Å². The third-order valence-electron chi connectivity index (χ3n) is 5.91. The summed E-state index contributed by atoms with van der Waals surface area (Å²) in [5.74, 6) is 1.95. The van der Waals surface area contributed by atoms with Crippen LogP contribution in [0, 0.1) is 0 Å². The number of piperidine rings is 1. The summed E-state index contributed by atoms with van der Waals surface area (Å²) in [5.41, 5.74) is 5.81. The molecular weight excluding hydrogens is 268 g/mol. The summed E-state index contributed by atoms with van der Waals surface area (Å²) in [5, 5.41) is 4.27. The highest BCUT2D eigenvalue weighted by Gasteiger charge is 2.45. The van der Waals surface area contributed by atoms with Gasteiger partial charge in [-0.25, -0.2) is 0 Å². The first-order valence-corrected chi connectivity index (χ1v) is 7.97. The van der Waals surface area contributed by atoms with Gasteiger partial charge in [0.25, 0.3) is 0 Å². The number of hydrogen-bond donors (Lipinski definition) is 1. The number of nitrogens with zero attached hydrogens (tertiary/aromatic N) is 3. The van der Waals surface area contributed by atoms with Crippen molar-refractivity contribution in [2.24, 2.45) is 5.73 Å². The van der Waals surface area contributed by atoms with Gasteiger partial charge in [0.1, 0.15) is 0 Å². The number of hydrogen-bond acceptors (Lipinski definition) is 6. The molecule has 0 aliphatic carbocycles. The molecule has 4 heterocycles. The lowest BCUT2D eigenvalue weighted by molar-refractivity contribution is 0.157. The van der Waals surface area contributed by atoms with Gasteiger partial charge >= 0.3 is 0 Å². The molecule has 1 aromatic heterocycles. The fourth-order valence-corrected chi connectivity index (χ4v) is 4.16. The van der Waals surface area contributed by atoms with Crippen LogP contribution in [-0.4, -0.2) is 53.4 Å². The lowest BCUT2D eigenvalue weighted by atomic mass is 9.85. The number of fused-ring (bicyclic) bond motifs is 2. The lowest BCUT2D eigenvalue weighted by Gasteiger charge is -2.34. The zero-order valence-corrected chi connectivity index (χ0v) is 12.8. The van der Waals surface area contributed by atoms with E-state index in [1.54, 1.807) is 0 Å². The minimum Gasteiger partial charge on any atom is -0.379 e. The topological polar surface area (TPSA) is 77.4 Å². The Morgan fingerprint density at radius 2 is 2.00 bits per heavy atom. The van der Waals surface area contributed by atoms with Gasteiger partial charge in [0, 0.05) is 24.0 Å². The van der Waals surface area contributed by atoms with Gasteiger partial charge in [0.2, 0.25) is 5.89 Å². The van der Waals surface area contributed by atoms with Gasteiger partial charge in [-0.15, -0.1) is 0 Å². The van der Waals surface area contributed by atoms with E-state index in [1.165, 1.54) is 12.8 Å². The number of rotatable bonds is 2. The van der Waals surface area contributed by atoms with E-state index < -0.39 is 0 Å². The number of aromatic nitrogens is 2. The summed E-state index contributed by atoms with van der Waals surface area (Å²) >= 11 is 0. The van der Waals surface area contributed by atoms with Crippen LogP contribution >= 0.6 is 0 Å². The standard InChI is InChI=1S/C15H24N4O2/c1-15(8-20-7-12(15)16)14-17-13(18-21-14)9-5-10-3-4-11(6-9)19(10)2/h9-12H,3-8,16H2,1-2H3. The Morgan fingerprint density at radius 1 is 1.29 bits per heavy atom. The Labute approximate surface area is 125 Å². The maximum absolute atomic E-state index is 6.15. The van der Waals surface area contributed by atoms with Crippen LogP contribution in [0.5, 0.6) is 0 Å². The van der Waals surface area contributed by atoms with E-state index in [0.717, 1.165) is 18.7 Å². The molecule has 4 atom stereocenters. The molecule has 1 aromatic rings. The van der Waals surface area contributed by atoms with Gasteiger partial charge in [0.05, 0.1) is 18.6 Å². The fraction of sp³-hybridized carbons (Fsp3) is 0.867. The smallest absolute Gasteiger partial charge is 0.236 e. The Morgan fingerprint density at radius 3 is 2.62 bits per heavy atom. The van der Waals surface area contributed by atoms with Gasteiger partial charge in [-0.3, -0.25) is 0 Å². The van der Waals surface area contributed by atoms with Crippen molar-refractivity contribution in [3.63, 3.8) is 0 Å². The highest BCUT2D eigenvalue weighted by molar-refractivity contribution is 5.14. The average Bonchev–Trinajstić information content (AvgIpc) is 3.11. The van der Waals surface area contributed by atoms with E-state index in [4.69, 9.17) is 20.0 Å². The predicted molar refractivity (Wildman–Crippen MR) is 77.0 cm³/mol. The van der Waals surface area contributed by atoms with Gasteiger partial charge < -0.3 is 19.9 Å². The Kier molecular flexibility index (Phi) is 3.10. The molecule has 2 bridgehead atoms. The van der Waals surface area contributed by atoms with Gasteiger partial charge in [-0.05, 0) is 39.7 Å². The average molecular weight is 292 g/mol. The second kappa shape index (κ2) is 4.76. The largest absolute Gasteiger partial charge is 0.379 e. The summed E-state index contributed by atoms with van der Waals surface area (Å²) in [4.78, 5) is 7.23. The van der Waals surface area contributed by atoms with Crippen molar-refractivity contribution in [1.82, 2.24) is 15.0 Å². The molecular formula is C15H24N4O2. The zero-order valence-electron chi connectivity index (χ0n) is 12.8. The molecule has 2 N–H and O–H groups in total. The van der Waals surface area contributed by atoms with Crippen LogP contribution in [0.15, 0.2) is 4.52 Å². The van der Waals surface area contributed by atoms with E-state index in [2.05, 4.69) is 24.0 Å². The van der Waals surface area contributed by atoms with Crippen molar-refractivity contribution in [3.8, 4) is 0 Å². The summed E-state index contributed by atoms with van der Waals surface area (Å²) in [6.07, 6.45) is 4.90. The number of ether oxygens (including phenoxy) is 1. The molecule has 3 aliphatic rings. The minimum atomic E-state index is -0.338. The SMILES string of the molecule is CN1C2CCC1CC(c1noc(C3(C)COCC3N)n1)C2. The van der Waals surface area contributed by atoms with Crippen molar-refractivity contribution in [2.45, 2.75) is 62.1 Å². The molecule has 6 nitrogen and oxygen atoms in total. The fourth-order valence-electron chi connectivity index (χ4n) is 4.16. The van der Waals surface area contributed by atoms with Crippen LogP contribution in [0.4, 0.5) is 0 Å². The van der Waals surface area contributed by atoms with Crippen LogP contribution in [0.3, 0.4) is 0 Å². The second-order valence-electron chi connectivity index (χ2n) is 7.22. The van der Waals surface area contributed by atoms with Crippen molar-refractivity contribution < 1.29 is 9.26 Å². The van der Waals surface area contributed by atoms with Gasteiger partial charge in [-0.2, -0.15) is 4.98 Å². The normalized spacial score (nSPS) is 43.6. The number of nitrogens with two attached hydrogens (primary N) is 1. The summed E-state index contributed by atoms with van der Waals surface area (Å²) < 4.78 is 11.0. The van der Waals surface area contributed by atoms with E-state index >= 15 is 0 Å². The van der Waals surface area contributed by atoms with E-state index in [1.807, 2.05) is 0 Å². The first-order chi connectivity index (χ1) is 10.1. The van der Waals surface area contributed by atoms with Gasteiger partial charge in [-0.1, -0.05) is 5.16 Å². The Hall–Kier alpha value is -0.980. The van der Waals surface area contributed by atoms with Crippen LogP contribution in [0.2, 0.25) is 0 Å². The molecule has 3 saturated heterocycles. The van der Waals surface area contributed by atoms with Crippen LogP contribution in [0.25, 0.3) is 0 Å². The zero-order chi connectivity index (χ0) is 14.6. The molecule has 21 heavy (non-hydrogen) atoms. The van der Waals surface area contributed by atoms with Crippen molar-refractivity contribution >= 4 is 0 Å². The predicted octanol–water partition coefficient (Wildman–Crippen LogP) is 1.02. The monoisotopic (exact) mass is 292 g/mol. The van der Waals surface area contributed by atoms with Gasteiger partial charge in [0.15, 0.2) is 5.82 Å². The molecule has 0 amide bonds. The maximum Gasteiger partial charge on any atom is 0.236 e. The Bertz CT molecular complexity index is 519. The molecule has 116 valence electrons. The highest BCUT2D eigenvalue weighted by Crippen LogP contribution is 2.42. The molecule has 4 rings (SSSR count). The second-order valence-corrected chi connectivity index (χ2v) is 7.22. The van der Waals surface area contributed by atoms with Crippen LogP contribution in [-0.2, 0) is 10.2 Å². The van der Waals surface area contributed by atoms with Crippen LogP contribution in [0.1, 0.15) is 50.2 Å². The Balaban J connectivity index is 1.55. The summed E-state index contributed by atoms with van der Waals surface area (Å²) in [7, 11) is 2.25. The third kappa shape index (κ3) is 2.04. The molecule has 4 unspecified atom stereocenters. The minimum absolute atomic E-state index is 0.0699. The lowest BCUT2D eigenvalue weighted by Crippen LogP contribution is -2.42. The highest BCUT2D eigenvalue weighted by atomic mass is 16.5. The molecule has 0 aromatic carbocycles. The molecule has 3 aliphatic heterocycles. The quantitative estimate of drug-likeness (QED) is 0.877. The van der Waals surface area contributed by atoms with Crippen molar-refractivity contribution in [2.75, 3.05) is 20.3 Å². The van der Waals surface area contributed by atoms with E-state index in [0.29, 0.717) is 37.1 Å². The first kappa shape index (κ1) is 13.7. The summed E-state index contributed by atoms with van der Waals surface area (Å²) in [6, 6.07) is 1.30. The summed E-state index contributed by atoms with van der Waals surface area (Å²) in [6.45, 7) is 3.18.